The van der Waals surface area contributed by atoms with Crippen molar-refractivity contribution in [1.82, 2.24) is 45.0 Å². The van der Waals surface area contributed by atoms with E-state index in [-0.39, 0.29) is 49.7 Å². The monoisotopic (exact) mass is 831 g/mol. The van der Waals surface area contributed by atoms with Gasteiger partial charge in [0.05, 0.1) is 50.4 Å². The number of aliphatic hydroxyl groups is 13. The van der Waals surface area contributed by atoms with Gasteiger partial charge >= 0.3 is 0 Å². The molecule has 20 atom stereocenters. The second-order valence-corrected chi connectivity index (χ2v) is 15.2. The lowest BCUT2D eigenvalue weighted by atomic mass is 9.93. The molecule has 58 heavy (non-hydrogen) atoms. The van der Waals surface area contributed by atoms with Crippen molar-refractivity contribution in [1.29, 1.82) is 0 Å². The zero-order chi connectivity index (χ0) is 41.7. The van der Waals surface area contributed by atoms with Gasteiger partial charge in [-0.2, -0.15) is 0 Å². The molecule has 4 saturated heterocycles. The number of hydrogen-bond acceptors (Lipinski definition) is 23. The summed E-state index contributed by atoms with van der Waals surface area (Å²) in [6.07, 6.45) is -24.0. The van der Waals surface area contributed by atoms with Crippen molar-refractivity contribution < 1.29 is 85.3 Å². The number of nitrogens with zero attached hydrogens (tertiary/aromatic N) is 9. The van der Waals surface area contributed by atoms with Crippen LogP contribution < -0.4 is 0 Å². The Morgan fingerprint density at radius 1 is 0.431 bits per heavy atom. The lowest BCUT2D eigenvalue weighted by Gasteiger charge is -2.40. The molecule has 0 saturated carbocycles. The van der Waals surface area contributed by atoms with Gasteiger partial charge in [-0.25, -0.2) is 14.0 Å². The molecule has 3 aromatic heterocycles. The molecule has 4 aliphatic rings. The molecule has 26 heteroatoms. The third-order valence-corrected chi connectivity index (χ3v) is 11.1. The molecule has 0 unspecified atom stereocenters. The molecule has 3 aromatic rings. The first-order valence-corrected chi connectivity index (χ1v) is 18.7. The Morgan fingerprint density at radius 2 is 0.759 bits per heavy atom. The molecule has 26 nitrogen and oxygen atoms in total. The summed E-state index contributed by atoms with van der Waals surface area (Å²) in [6.45, 7) is 0.516. The van der Waals surface area contributed by atoms with E-state index in [1.165, 1.54) is 39.6 Å². The van der Waals surface area contributed by atoms with Gasteiger partial charge in [-0.3, -0.25) is 0 Å². The van der Waals surface area contributed by atoms with Crippen LogP contribution in [0.2, 0.25) is 0 Å². The lowest BCUT2D eigenvalue weighted by Crippen LogP contribution is -2.58. The topological polar surface area (TPSA) is 392 Å². The van der Waals surface area contributed by atoms with Crippen molar-refractivity contribution in [3.8, 4) is 0 Å². The third-order valence-electron chi connectivity index (χ3n) is 11.1. The maximum Gasteiger partial charge on any atom is 0.132 e. The fourth-order valence-electron chi connectivity index (χ4n) is 7.68. The van der Waals surface area contributed by atoms with Crippen molar-refractivity contribution >= 4 is 0 Å². The molecular weight excluding hydrogens is 782 g/mol. The van der Waals surface area contributed by atoms with Gasteiger partial charge in [-0.15, -0.1) is 15.3 Å². The third kappa shape index (κ3) is 8.26. The Kier molecular flexibility index (Phi) is 12.8. The van der Waals surface area contributed by atoms with Gasteiger partial charge in [-0.1, -0.05) is 15.6 Å². The Hall–Kier alpha value is -3.26. The van der Waals surface area contributed by atoms with E-state index in [2.05, 4.69) is 30.9 Å². The summed E-state index contributed by atoms with van der Waals surface area (Å²) in [5.74, 6) is 0. The molecule has 0 amide bonds. The summed E-state index contributed by atoms with van der Waals surface area (Å²) in [7, 11) is 0. The normalized spacial score (nSPS) is 43.8. The van der Waals surface area contributed by atoms with Crippen molar-refractivity contribution in [2.45, 2.75) is 155 Å². The smallest absolute Gasteiger partial charge is 0.132 e. The SMILES string of the molecule is C[C@H]1O[C@H](c2cn(C[C@H]3O[C@H](c4cn(C[C@H]5O[C@H](c6cn(C[C@H]7O[C@H](CCO)[C@@H](O)[C@@H](O)[C@@H]7O)nn6)[C@@H](O)[C@@H](O)[C@@H]5O)nn4)[C@@H](O)[C@@H](O)[C@@H]3O)nn2)[C@@H](O)[C@@H](O)[C@@H]1O. The molecule has 13 N–H and O–H groups in total. The molecule has 0 radical (unpaired) electrons. The van der Waals surface area contributed by atoms with E-state index in [0.29, 0.717) is 0 Å². The first kappa shape index (κ1) is 42.8. The molecule has 0 bridgehead atoms. The lowest BCUT2D eigenvalue weighted by molar-refractivity contribution is -0.229. The summed E-state index contributed by atoms with van der Waals surface area (Å²) in [5, 5.41) is 160. The molecule has 7 heterocycles. The molecule has 324 valence electrons. The van der Waals surface area contributed by atoms with Crippen LogP contribution in [0.5, 0.6) is 0 Å². The van der Waals surface area contributed by atoms with Gasteiger partial charge in [-0.05, 0) is 13.3 Å². The number of aliphatic hydroxyl groups excluding tert-OH is 13. The average Bonchev–Trinajstić information content (AvgIpc) is 3.99. The van der Waals surface area contributed by atoms with Crippen LogP contribution in [0, 0.1) is 0 Å². The molecule has 4 fully saturated rings. The van der Waals surface area contributed by atoms with Gasteiger partial charge in [0.15, 0.2) is 0 Å². The van der Waals surface area contributed by atoms with Crippen molar-refractivity contribution in [2.24, 2.45) is 0 Å². The van der Waals surface area contributed by atoms with E-state index in [9.17, 15) is 66.4 Å². The molecule has 4 aliphatic heterocycles. The largest absolute Gasteiger partial charge is 0.396 e. The Balaban J connectivity index is 1.00. The second-order valence-electron chi connectivity index (χ2n) is 15.2. The zero-order valence-electron chi connectivity index (χ0n) is 30.8. The zero-order valence-corrected chi connectivity index (χ0v) is 30.8. The minimum atomic E-state index is -1.73. The summed E-state index contributed by atoms with van der Waals surface area (Å²) in [4.78, 5) is 0. The van der Waals surface area contributed by atoms with E-state index in [4.69, 9.17) is 18.9 Å². The van der Waals surface area contributed by atoms with E-state index in [0.717, 1.165) is 0 Å². The predicted molar refractivity (Wildman–Crippen MR) is 181 cm³/mol. The summed E-state index contributed by atoms with van der Waals surface area (Å²) in [6, 6.07) is 0. The van der Waals surface area contributed by atoms with Crippen LogP contribution in [-0.4, -0.2) is 222 Å². The highest BCUT2D eigenvalue weighted by Gasteiger charge is 2.49. The average molecular weight is 832 g/mol. The standard InChI is InChI=1S/C32H49N9O17/c1-10-18(43)23(48)27(52)30(55-10)11-4-40(36-33-11)8-16-21(46)25(50)29(54)32(57-16)13-6-41(38-35-13)9-17-22(47)26(51)28(53)31(58-17)12-5-39(37-34-12)7-15-20(45)24(49)19(44)14(56-15)2-3-42/h4-6,10,14-32,42-54H,2-3,7-9H2,1H3/t10-,14-,15-,16-,17-,18-,19-,20-,21-,22-,23+,24-,25+,26+,27+,28+,29+,30-,31-,32-/m1/s1. The van der Waals surface area contributed by atoms with Gasteiger partial charge in [0.25, 0.3) is 0 Å². The van der Waals surface area contributed by atoms with Crippen LogP contribution >= 0.6 is 0 Å². The maximum atomic E-state index is 10.9. The van der Waals surface area contributed by atoms with Gasteiger partial charge < -0.3 is 85.3 Å². The number of rotatable bonds is 11. The van der Waals surface area contributed by atoms with Gasteiger partial charge in [0.1, 0.15) is 127 Å². The Bertz CT molecular complexity index is 1800. The Morgan fingerprint density at radius 3 is 1.16 bits per heavy atom. The van der Waals surface area contributed by atoms with Crippen molar-refractivity contribution in [3.05, 3.63) is 35.7 Å². The summed E-state index contributed by atoms with van der Waals surface area (Å²) in [5.41, 5.74) is 0.126. The van der Waals surface area contributed by atoms with Crippen LogP contribution in [0.15, 0.2) is 18.6 Å². The van der Waals surface area contributed by atoms with Crippen LogP contribution in [0.4, 0.5) is 0 Å². The molecule has 0 spiro atoms. The first-order valence-electron chi connectivity index (χ1n) is 18.7. The van der Waals surface area contributed by atoms with Crippen molar-refractivity contribution in [3.63, 3.8) is 0 Å². The molecule has 0 aromatic carbocycles. The van der Waals surface area contributed by atoms with E-state index < -0.39 is 122 Å². The fraction of sp³-hybridized carbons (Fsp3) is 0.812. The van der Waals surface area contributed by atoms with Crippen LogP contribution in [-0.2, 0) is 38.6 Å². The van der Waals surface area contributed by atoms with Gasteiger partial charge in [0.2, 0.25) is 0 Å². The quantitative estimate of drug-likeness (QED) is 0.0853. The van der Waals surface area contributed by atoms with E-state index >= 15 is 0 Å². The minimum Gasteiger partial charge on any atom is -0.396 e. The number of aromatic nitrogens is 9. The fourth-order valence-corrected chi connectivity index (χ4v) is 7.68. The summed E-state index contributed by atoms with van der Waals surface area (Å²) < 4.78 is 26.9. The van der Waals surface area contributed by atoms with Gasteiger partial charge in [0, 0.05) is 6.61 Å². The van der Waals surface area contributed by atoms with E-state index in [1.54, 1.807) is 0 Å². The highest BCUT2D eigenvalue weighted by molar-refractivity contribution is 5.10. The predicted octanol–water partition coefficient (Wildman–Crippen LogP) is -8.32. The van der Waals surface area contributed by atoms with Crippen LogP contribution in [0.25, 0.3) is 0 Å². The maximum absolute atomic E-state index is 10.9. The number of hydrogen-bond donors (Lipinski definition) is 13. The highest BCUT2D eigenvalue weighted by Crippen LogP contribution is 2.35. The second kappa shape index (κ2) is 17.4. The van der Waals surface area contributed by atoms with Crippen molar-refractivity contribution in [2.75, 3.05) is 6.61 Å². The highest BCUT2D eigenvalue weighted by atomic mass is 16.6. The van der Waals surface area contributed by atoms with Crippen LogP contribution in [0.3, 0.4) is 0 Å². The van der Waals surface area contributed by atoms with Crippen LogP contribution in [0.1, 0.15) is 48.7 Å². The Labute approximate surface area is 327 Å². The molecular formula is C32H49N9O17. The summed E-state index contributed by atoms with van der Waals surface area (Å²) >= 11 is 0. The number of ether oxygens (including phenoxy) is 4. The van der Waals surface area contributed by atoms with E-state index in [1.807, 2.05) is 0 Å². The molecule has 7 rings (SSSR count). The first-order chi connectivity index (χ1) is 27.6. The minimum absolute atomic E-state index is 0.000602. The molecule has 0 aliphatic carbocycles.